The minimum absolute atomic E-state index is 0.0316. The summed E-state index contributed by atoms with van der Waals surface area (Å²) in [6.45, 7) is 3.83. The lowest BCUT2D eigenvalue weighted by Crippen LogP contribution is -2.45. The molecule has 2 unspecified atom stereocenters. The van der Waals surface area contributed by atoms with Gasteiger partial charge in [-0.05, 0) is 51.9 Å². The molecule has 0 radical (unpaired) electrons. The molecule has 156 valence electrons. The van der Waals surface area contributed by atoms with Gasteiger partial charge in [-0.3, -0.25) is 9.89 Å². The van der Waals surface area contributed by atoms with Gasteiger partial charge in [-0.25, -0.2) is 4.79 Å². The number of nitrogens with one attached hydrogen (secondary N) is 2. The van der Waals surface area contributed by atoms with Gasteiger partial charge in [0.1, 0.15) is 5.76 Å². The van der Waals surface area contributed by atoms with Crippen molar-refractivity contribution < 1.29 is 19.2 Å². The molecule has 0 aliphatic heterocycles. The fourth-order valence-electron chi connectivity index (χ4n) is 4.42. The molecule has 2 saturated carbocycles. The zero-order valence-electron chi connectivity index (χ0n) is 16.7. The number of carboxylic acid groups (broad SMARTS) is 1. The molecular formula is C20H27N5O4. The maximum atomic E-state index is 12.2. The molecular weight excluding hydrogens is 374 g/mol. The van der Waals surface area contributed by atoms with E-state index in [1.54, 1.807) is 17.9 Å². The van der Waals surface area contributed by atoms with Gasteiger partial charge in [0, 0.05) is 35.8 Å². The Morgan fingerprint density at radius 1 is 1.34 bits per heavy atom. The second kappa shape index (κ2) is 7.88. The van der Waals surface area contributed by atoms with Crippen LogP contribution in [0.1, 0.15) is 62.1 Å². The molecule has 2 heterocycles. The second-order valence-electron chi connectivity index (χ2n) is 8.30. The summed E-state index contributed by atoms with van der Waals surface area (Å²) in [4.78, 5) is 25.6. The number of aromatic amines is 1. The van der Waals surface area contributed by atoms with Crippen LogP contribution in [0.4, 0.5) is 10.6 Å². The smallest absolute Gasteiger partial charge is 0.407 e. The number of hydrogen-bond acceptors (Lipinski definition) is 5. The number of aromatic nitrogens is 3. The molecule has 0 saturated heterocycles. The van der Waals surface area contributed by atoms with Crippen LogP contribution in [0.3, 0.4) is 0 Å². The second-order valence-corrected chi connectivity index (χ2v) is 8.30. The Balaban J connectivity index is 1.34. The van der Waals surface area contributed by atoms with Crippen molar-refractivity contribution in [2.24, 2.45) is 5.92 Å². The van der Waals surface area contributed by atoms with Crippen molar-refractivity contribution >= 4 is 17.8 Å². The monoisotopic (exact) mass is 401 g/mol. The Morgan fingerprint density at radius 3 is 2.79 bits per heavy atom. The molecule has 4 rings (SSSR count). The van der Waals surface area contributed by atoms with Crippen molar-refractivity contribution in [3.05, 3.63) is 29.3 Å². The maximum absolute atomic E-state index is 12.2. The standard InChI is InChI=1S/C20H27N5O4/c1-11-7-16(29-24-11)9-19(26)21-18-10-17(22-23-18)14-5-6-15(8-14)25(20(27)28)12(2)13-3-4-13/h7,10,12-15H,3-6,8-9H2,1-2H3,(H,27,28)(H2,21,22,23,26)/t12-,14?,15?/m1/s1. The molecule has 2 aliphatic rings. The summed E-state index contributed by atoms with van der Waals surface area (Å²) in [5.74, 6) is 1.47. The van der Waals surface area contributed by atoms with Crippen LogP contribution in [0.25, 0.3) is 0 Å². The molecule has 9 nitrogen and oxygen atoms in total. The summed E-state index contributed by atoms with van der Waals surface area (Å²) in [5.41, 5.74) is 1.67. The van der Waals surface area contributed by atoms with E-state index in [2.05, 4.69) is 20.7 Å². The topological polar surface area (TPSA) is 124 Å². The van der Waals surface area contributed by atoms with E-state index in [1.165, 1.54) is 0 Å². The summed E-state index contributed by atoms with van der Waals surface area (Å²) in [5, 5.41) is 23.4. The van der Waals surface area contributed by atoms with Gasteiger partial charge in [-0.15, -0.1) is 0 Å². The molecule has 0 bridgehead atoms. The van der Waals surface area contributed by atoms with Crippen LogP contribution in [0, 0.1) is 12.8 Å². The predicted octanol–water partition coefficient (Wildman–Crippen LogP) is 3.30. The van der Waals surface area contributed by atoms with Gasteiger partial charge in [0.25, 0.3) is 0 Å². The Bertz CT molecular complexity index is 887. The van der Waals surface area contributed by atoms with Crippen molar-refractivity contribution in [1.82, 2.24) is 20.3 Å². The molecule has 2 aliphatic carbocycles. The van der Waals surface area contributed by atoms with Gasteiger partial charge >= 0.3 is 6.09 Å². The normalized spacial score (nSPS) is 22.4. The zero-order valence-corrected chi connectivity index (χ0v) is 16.7. The lowest BCUT2D eigenvalue weighted by molar-refractivity contribution is -0.115. The van der Waals surface area contributed by atoms with Gasteiger partial charge in [-0.1, -0.05) is 5.16 Å². The number of H-pyrrole nitrogens is 1. The molecule has 9 heteroatoms. The number of nitrogens with zero attached hydrogens (tertiary/aromatic N) is 3. The summed E-state index contributed by atoms with van der Waals surface area (Å²) in [7, 11) is 0. The number of rotatable bonds is 7. The van der Waals surface area contributed by atoms with E-state index in [0.29, 0.717) is 17.5 Å². The van der Waals surface area contributed by atoms with E-state index >= 15 is 0 Å². The summed E-state index contributed by atoms with van der Waals surface area (Å²) >= 11 is 0. The first-order valence-corrected chi connectivity index (χ1v) is 10.2. The number of amides is 2. The Labute approximate surface area is 168 Å². The molecule has 2 aromatic rings. The maximum Gasteiger partial charge on any atom is 0.407 e. The number of aryl methyl sites for hydroxylation is 1. The molecule has 0 spiro atoms. The van der Waals surface area contributed by atoms with E-state index in [0.717, 1.165) is 43.5 Å². The fourth-order valence-corrected chi connectivity index (χ4v) is 4.42. The van der Waals surface area contributed by atoms with E-state index < -0.39 is 6.09 Å². The van der Waals surface area contributed by atoms with E-state index in [-0.39, 0.29) is 30.3 Å². The highest BCUT2D eigenvalue weighted by atomic mass is 16.5. The molecule has 2 aromatic heterocycles. The van der Waals surface area contributed by atoms with E-state index in [9.17, 15) is 14.7 Å². The molecule has 0 aromatic carbocycles. The summed E-state index contributed by atoms with van der Waals surface area (Å²) in [6, 6.07) is 3.67. The SMILES string of the molecule is Cc1cc(CC(=O)Nc2cc(C3CCC(N(C(=O)O)[C@H](C)C4CC4)C3)[nH]n2)on1. The molecule has 3 N–H and O–H groups in total. The van der Waals surface area contributed by atoms with Crippen LogP contribution in [0.5, 0.6) is 0 Å². The third kappa shape index (κ3) is 4.44. The van der Waals surface area contributed by atoms with Gasteiger partial charge in [0.15, 0.2) is 5.82 Å². The fraction of sp³-hybridized carbons (Fsp3) is 0.600. The number of carbonyl (C=O) groups excluding carboxylic acids is 1. The molecule has 29 heavy (non-hydrogen) atoms. The van der Waals surface area contributed by atoms with Crippen LogP contribution in [0.2, 0.25) is 0 Å². The highest BCUT2D eigenvalue weighted by molar-refractivity contribution is 5.91. The average Bonchev–Trinajstić information content (AvgIpc) is 3.01. The summed E-state index contributed by atoms with van der Waals surface area (Å²) < 4.78 is 5.06. The first-order chi connectivity index (χ1) is 13.9. The largest absolute Gasteiger partial charge is 0.465 e. The summed E-state index contributed by atoms with van der Waals surface area (Å²) in [6.07, 6.45) is 4.04. The third-order valence-electron chi connectivity index (χ3n) is 6.08. The lowest BCUT2D eigenvalue weighted by Gasteiger charge is -2.32. The van der Waals surface area contributed by atoms with Crippen molar-refractivity contribution in [3.63, 3.8) is 0 Å². The molecule has 3 atom stereocenters. The van der Waals surface area contributed by atoms with E-state index in [4.69, 9.17) is 4.52 Å². The Hall–Kier alpha value is -2.84. The molecule has 2 amide bonds. The average molecular weight is 401 g/mol. The van der Waals surface area contributed by atoms with Crippen molar-refractivity contribution in [1.29, 1.82) is 0 Å². The van der Waals surface area contributed by atoms with E-state index in [1.807, 2.05) is 13.0 Å². The van der Waals surface area contributed by atoms with Crippen LogP contribution < -0.4 is 5.32 Å². The lowest BCUT2D eigenvalue weighted by atomic mass is 10.0. The zero-order chi connectivity index (χ0) is 20.5. The third-order valence-corrected chi connectivity index (χ3v) is 6.08. The van der Waals surface area contributed by atoms with Gasteiger partial charge in [-0.2, -0.15) is 5.10 Å². The van der Waals surface area contributed by atoms with Crippen LogP contribution in [-0.2, 0) is 11.2 Å². The number of anilines is 1. The highest BCUT2D eigenvalue weighted by Crippen LogP contribution is 2.41. The van der Waals surface area contributed by atoms with Crippen LogP contribution in [-0.4, -0.2) is 49.4 Å². The van der Waals surface area contributed by atoms with Gasteiger partial charge in [0.2, 0.25) is 5.91 Å². The number of carbonyl (C=O) groups is 2. The van der Waals surface area contributed by atoms with Crippen LogP contribution >= 0.6 is 0 Å². The first-order valence-electron chi connectivity index (χ1n) is 10.2. The Morgan fingerprint density at radius 2 is 2.14 bits per heavy atom. The van der Waals surface area contributed by atoms with Crippen molar-refractivity contribution in [2.75, 3.05) is 5.32 Å². The van der Waals surface area contributed by atoms with Gasteiger partial charge < -0.3 is 19.8 Å². The minimum atomic E-state index is -0.824. The highest BCUT2D eigenvalue weighted by Gasteiger charge is 2.41. The predicted molar refractivity (Wildman–Crippen MR) is 105 cm³/mol. The van der Waals surface area contributed by atoms with Gasteiger partial charge in [0.05, 0.1) is 12.1 Å². The molecule has 2 fully saturated rings. The quantitative estimate of drug-likeness (QED) is 0.654. The minimum Gasteiger partial charge on any atom is -0.465 e. The Kier molecular flexibility index (Phi) is 5.29. The number of hydrogen-bond donors (Lipinski definition) is 3. The van der Waals surface area contributed by atoms with Crippen LogP contribution in [0.15, 0.2) is 16.7 Å². The van der Waals surface area contributed by atoms with Crippen molar-refractivity contribution in [2.45, 2.75) is 70.4 Å². The van der Waals surface area contributed by atoms with Crippen molar-refractivity contribution in [3.8, 4) is 0 Å². The first kappa shape index (κ1) is 19.5.